The van der Waals surface area contributed by atoms with Crippen LogP contribution in [0.4, 0.5) is 0 Å². The van der Waals surface area contributed by atoms with Crippen LogP contribution >= 0.6 is 0 Å². The van der Waals surface area contributed by atoms with Gasteiger partial charge in [-0.1, -0.05) is 24.3 Å². The molecule has 0 aliphatic rings. The fourth-order valence-electron chi connectivity index (χ4n) is 2.51. The van der Waals surface area contributed by atoms with Crippen molar-refractivity contribution < 1.29 is 14.2 Å². The van der Waals surface area contributed by atoms with Gasteiger partial charge in [-0.2, -0.15) is 5.10 Å². The molecule has 28 heavy (non-hydrogen) atoms. The smallest absolute Gasteiger partial charge is 0.161 e. The average molecular weight is 378 g/mol. The average Bonchev–Trinajstić information content (AvgIpc) is 3.24. The third-order valence-electron chi connectivity index (χ3n) is 3.82. The van der Waals surface area contributed by atoms with Crippen LogP contribution in [-0.4, -0.2) is 41.4 Å². The minimum atomic E-state index is 0.399. The molecule has 144 valence electrons. The highest BCUT2D eigenvalue weighted by atomic mass is 16.5. The molecule has 0 bridgehead atoms. The molecule has 1 aromatic heterocycles. The largest absolute Gasteiger partial charge is 0.493 e. The number of rotatable bonds is 10. The molecule has 2 aromatic carbocycles. The SMILES string of the molecule is C=CCc1ccc(OCCOc2cccc(/C=N/n3cnnc3)c2)c(OC)c1. The molecule has 0 radical (unpaired) electrons. The molecule has 0 saturated heterocycles. The maximum Gasteiger partial charge on any atom is 0.161 e. The van der Waals surface area contributed by atoms with Crippen LogP contribution in [0.3, 0.4) is 0 Å². The Kier molecular flexibility index (Phi) is 6.78. The predicted molar refractivity (Wildman–Crippen MR) is 107 cm³/mol. The maximum absolute atomic E-state index is 5.79. The van der Waals surface area contributed by atoms with Gasteiger partial charge >= 0.3 is 0 Å². The lowest BCUT2D eigenvalue weighted by molar-refractivity contribution is 0.211. The molecule has 0 amide bonds. The van der Waals surface area contributed by atoms with Crippen molar-refractivity contribution in [2.45, 2.75) is 6.42 Å². The van der Waals surface area contributed by atoms with E-state index in [1.165, 1.54) is 17.3 Å². The Morgan fingerprint density at radius 3 is 2.64 bits per heavy atom. The quantitative estimate of drug-likeness (QED) is 0.307. The molecule has 0 fully saturated rings. The lowest BCUT2D eigenvalue weighted by atomic mass is 10.1. The topological polar surface area (TPSA) is 70.8 Å². The molecule has 0 aliphatic heterocycles. The van der Waals surface area contributed by atoms with Crippen LogP contribution in [0.25, 0.3) is 0 Å². The van der Waals surface area contributed by atoms with Crippen molar-refractivity contribution in [2.24, 2.45) is 5.10 Å². The van der Waals surface area contributed by atoms with Gasteiger partial charge in [-0.3, -0.25) is 0 Å². The van der Waals surface area contributed by atoms with Crippen molar-refractivity contribution in [1.82, 2.24) is 14.9 Å². The fraction of sp³-hybridized carbons (Fsp3) is 0.190. The van der Waals surface area contributed by atoms with Crippen LogP contribution in [0.15, 0.2) is 72.9 Å². The second-order valence-corrected chi connectivity index (χ2v) is 5.83. The lowest BCUT2D eigenvalue weighted by Crippen LogP contribution is -2.09. The van der Waals surface area contributed by atoms with Crippen molar-refractivity contribution in [1.29, 1.82) is 0 Å². The standard InChI is InChI=1S/C21H22N4O3/c1-3-5-17-8-9-20(21(13-17)26-2)28-11-10-27-19-7-4-6-18(12-19)14-24-25-15-22-23-16-25/h3-4,6-9,12-16H,1,5,10-11H2,2H3/b24-14+. The van der Waals surface area contributed by atoms with Gasteiger partial charge in [0.15, 0.2) is 11.5 Å². The summed E-state index contributed by atoms with van der Waals surface area (Å²) < 4.78 is 18.5. The van der Waals surface area contributed by atoms with E-state index in [1.807, 2.05) is 48.5 Å². The van der Waals surface area contributed by atoms with Gasteiger partial charge < -0.3 is 14.2 Å². The number of nitrogens with zero attached hydrogens (tertiary/aromatic N) is 4. The van der Waals surface area contributed by atoms with Gasteiger partial charge in [-0.05, 0) is 41.8 Å². The first kappa shape index (κ1) is 19.2. The summed E-state index contributed by atoms with van der Waals surface area (Å²) in [5.41, 5.74) is 2.03. The Morgan fingerprint density at radius 1 is 1.04 bits per heavy atom. The number of ether oxygens (including phenoxy) is 3. The number of hydrogen-bond acceptors (Lipinski definition) is 6. The van der Waals surface area contributed by atoms with Crippen molar-refractivity contribution in [3.05, 3.63) is 78.9 Å². The third kappa shape index (κ3) is 5.44. The van der Waals surface area contributed by atoms with Crippen molar-refractivity contribution in [2.75, 3.05) is 20.3 Å². The summed E-state index contributed by atoms with van der Waals surface area (Å²) in [6, 6.07) is 13.5. The first-order chi connectivity index (χ1) is 13.8. The molecular formula is C21H22N4O3. The summed E-state index contributed by atoms with van der Waals surface area (Å²) in [6.07, 6.45) is 7.40. The number of aromatic nitrogens is 3. The summed E-state index contributed by atoms with van der Waals surface area (Å²) >= 11 is 0. The monoisotopic (exact) mass is 378 g/mol. The van der Waals surface area contributed by atoms with E-state index < -0.39 is 0 Å². The number of methoxy groups -OCH3 is 1. The molecular weight excluding hydrogens is 356 g/mol. The molecule has 0 aliphatic carbocycles. The highest BCUT2D eigenvalue weighted by Gasteiger charge is 2.05. The number of benzene rings is 2. The molecule has 0 atom stereocenters. The van der Waals surface area contributed by atoms with E-state index in [9.17, 15) is 0 Å². The summed E-state index contributed by atoms with van der Waals surface area (Å²) in [5.74, 6) is 2.13. The molecule has 0 spiro atoms. The molecule has 0 saturated carbocycles. The molecule has 7 heteroatoms. The van der Waals surface area contributed by atoms with Gasteiger partial charge in [0.1, 0.15) is 31.6 Å². The van der Waals surface area contributed by atoms with Crippen molar-refractivity contribution in [3.63, 3.8) is 0 Å². The van der Waals surface area contributed by atoms with Crippen LogP contribution in [0, 0.1) is 0 Å². The van der Waals surface area contributed by atoms with E-state index in [1.54, 1.807) is 13.3 Å². The van der Waals surface area contributed by atoms with E-state index in [0.29, 0.717) is 24.7 Å². The zero-order valence-electron chi connectivity index (χ0n) is 15.7. The van der Waals surface area contributed by atoms with E-state index in [2.05, 4.69) is 21.9 Å². The highest BCUT2D eigenvalue weighted by molar-refractivity contribution is 5.80. The first-order valence-corrected chi connectivity index (χ1v) is 8.81. The van der Waals surface area contributed by atoms with Crippen LogP contribution < -0.4 is 14.2 Å². The van der Waals surface area contributed by atoms with Crippen LogP contribution in [0.1, 0.15) is 11.1 Å². The molecule has 0 N–H and O–H groups in total. The van der Waals surface area contributed by atoms with E-state index >= 15 is 0 Å². The van der Waals surface area contributed by atoms with Gasteiger partial charge in [0.25, 0.3) is 0 Å². The molecule has 3 aromatic rings. The first-order valence-electron chi connectivity index (χ1n) is 8.81. The lowest BCUT2D eigenvalue weighted by Gasteiger charge is -2.12. The van der Waals surface area contributed by atoms with Gasteiger partial charge in [0, 0.05) is 0 Å². The Balaban J connectivity index is 1.51. The Morgan fingerprint density at radius 2 is 1.86 bits per heavy atom. The second kappa shape index (κ2) is 9.91. The Labute approximate surface area is 163 Å². The summed E-state index contributed by atoms with van der Waals surface area (Å²) in [6.45, 7) is 4.56. The van der Waals surface area contributed by atoms with Gasteiger partial charge in [-0.25, -0.2) is 4.68 Å². The Hall–Kier alpha value is -3.61. The zero-order chi connectivity index (χ0) is 19.6. The van der Waals surface area contributed by atoms with Gasteiger partial charge in [-0.15, -0.1) is 16.8 Å². The fourth-order valence-corrected chi connectivity index (χ4v) is 2.51. The van der Waals surface area contributed by atoms with Crippen molar-refractivity contribution >= 4 is 6.21 Å². The van der Waals surface area contributed by atoms with E-state index in [4.69, 9.17) is 14.2 Å². The molecule has 7 nitrogen and oxygen atoms in total. The minimum absolute atomic E-state index is 0.399. The summed E-state index contributed by atoms with van der Waals surface area (Å²) in [4.78, 5) is 0. The second-order valence-electron chi connectivity index (χ2n) is 5.83. The predicted octanol–water partition coefficient (Wildman–Crippen LogP) is 3.36. The van der Waals surface area contributed by atoms with Crippen LogP contribution in [0.5, 0.6) is 17.2 Å². The molecule has 3 rings (SSSR count). The minimum Gasteiger partial charge on any atom is -0.493 e. The van der Waals surface area contributed by atoms with Gasteiger partial charge in [0.2, 0.25) is 0 Å². The zero-order valence-corrected chi connectivity index (χ0v) is 15.7. The van der Waals surface area contributed by atoms with Crippen molar-refractivity contribution in [3.8, 4) is 17.2 Å². The molecule has 1 heterocycles. The summed E-state index contributed by atoms with van der Waals surface area (Å²) in [5, 5.41) is 11.6. The van der Waals surface area contributed by atoms with Crippen LogP contribution in [-0.2, 0) is 6.42 Å². The summed E-state index contributed by atoms with van der Waals surface area (Å²) in [7, 11) is 1.63. The highest BCUT2D eigenvalue weighted by Crippen LogP contribution is 2.28. The number of allylic oxidation sites excluding steroid dienone is 1. The Bertz CT molecular complexity index is 923. The normalized spacial score (nSPS) is 10.8. The maximum atomic E-state index is 5.79. The third-order valence-corrected chi connectivity index (χ3v) is 3.82. The van der Waals surface area contributed by atoms with Crippen LogP contribution in [0.2, 0.25) is 0 Å². The molecule has 0 unspecified atom stereocenters. The number of hydrogen-bond donors (Lipinski definition) is 0. The van der Waals surface area contributed by atoms with Gasteiger partial charge in [0.05, 0.1) is 13.3 Å². The van der Waals surface area contributed by atoms with E-state index in [0.717, 1.165) is 23.3 Å². The van der Waals surface area contributed by atoms with E-state index in [-0.39, 0.29) is 0 Å².